The summed E-state index contributed by atoms with van der Waals surface area (Å²) in [6.45, 7) is 2.82. The summed E-state index contributed by atoms with van der Waals surface area (Å²) in [5.41, 5.74) is 0.738. The van der Waals surface area contributed by atoms with E-state index < -0.39 is 0 Å². The smallest absolute Gasteiger partial charge is 0.127 e. The van der Waals surface area contributed by atoms with Crippen molar-refractivity contribution in [1.82, 2.24) is 10.2 Å². The third kappa shape index (κ3) is 4.00. The monoisotopic (exact) mass is 266 g/mol. The Hall–Kier alpha value is -0.970. The van der Waals surface area contributed by atoms with Gasteiger partial charge < -0.3 is 15.3 Å². The molecule has 0 aliphatic carbocycles. The number of nitrogens with zero attached hydrogens (tertiary/aromatic N) is 1. The van der Waals surface area contributed by atoms with E-state index in [0.29, 0.717) is 0 Å². The highest BCUT2D eigenvalue weighted by atomic mass is 19.1. The predicted octanol–water partition coefficient (Wildman–Crippen LogP) is 1.93. The lowest BCUT2D eigenvalue weighted by Crippen LogP contribution is -2.37. The van der Waals surface area contributed by atoms with Gasteiger partial charge >= 0.3 is 0 Å². The van der Waals surface area contributed by atoms with E-state index in [2.05, 4.69) is 10.2 Å². The number of benzene rings is 1. The zero-order valence-corrected chi connectivity index (χ0v) is 11.5. The molecule has 106 valence electrons. The van der Waals surface area contributed by atoms with Crippen LogP contribution in [0.15, 0.2) is 24.3 Å². The van der Waals surface area contributed by atoms with Crippen molar-refractivity contribution in [2.24, 2.45) is 0 Å². The minimum Gasteiger partial charge on any atom is -0.393 e. The average Bonchev–Trinajstić information content (AvgIpc) is 2.43. The zero-order valence-electron chi connectivity index (χ0n) is 11.5. The second kappa shape index (κ2) is 6.98. The van der Waals surface area contributed by atoms with E-state index in [1.807, 2.05) is 19.2 Å². The Morgan fingerprint density at radius 1 is 1.37 bits per heavy atom. The van der Waals surface area contributed by atoms with Crippen LogP contribution < -0.4 is 5.32 Å². The van der Waals surface area contributed by atoms with E-state index >= 15 is 0 Å². The Bertz CT molecular complexity index is 391. The van der Waals surface area contributed by atoms with Crippen LogP contribution in [0.4, 0.5) is 4.39 Å². The topological polar surface area (TPSA) is 35.5 Å². The number of piperidine rings is 1. The van der Waals surface area contributed by atoms with Gasteiger partial charge in [-0.05, 0) is 38.9 Å². The maximum Gasteiger partial charge on any atom is 0.127 e. The van der Waals surface area contributed by atoms with Crippen LogP contribution in [0.1, 0.15) is 30.9 Å². The van der Waals surface area contributed by atoms with Gasteiger partial charge in [-0.2, -0.15) is 0 Å². The maximum atomic E-state index is 13.8. The summed E-state index contributed by atoms with van der Waals surface area (Å²) in [7, 11) is 1.87. The summed E-state index contributed by atoms with van der Waals surface area (Å²) >= 11 is 0. The molecule has 1 aliphatic heterocycles. The molecule has 2 N–H and O–H groups in total. The molecule has 1 aromatic rings. The van der Waals surface area contributed by atoms with Crippen molar-refractivity contribution in [1.29, 1.82) is 0 Å². The highest BCUT2D eigenvalue weighted by molar-refractivity contribution is 5.21. The van der Waals surface area contributed by atoms with Gasteiger partial charge in [0.15, 0.2) is 0 Å². The van der Waals surface area contributed by atoms with Gasteiger partial charge in [-0.25, -0.2) is 4.39 Å². The molecule has 1 saturated heterocycles. The fourth-order valence-corrected chi connectivity index (χ4v) is 2.67. The molecule has 0 saturated carbocycles. The molecule has 1 aliphatic rings. The van der Waals surface area contributed by atoms with Crippen LogP contribution in [0.2, 0.25) is 0 Å². The maximum absolute atomic E-state index is 13.8. The summed E-state index contributed by atoms with van der Waals surface area (Å²) in [5, 5.41) is 12.7. The number of hydrogen-bond donors (Lipinski definition) is 2. The van der Waals surface area contributed by atoms with E-state index in [-0.39, 0.29) is 18.0 Å². The molecule has 1 fully saturated rings. The van der Waals surface area contributed by atoms with Gasteiger partial charge in [-0.3, -0.25) is 0 Å². The molecule has 3 nitrogen and oxygen atoms in total. The Morgan fingerprint density at radius 3 is 2.68 bits per heavy atom. The second-order valence-corrected chi connectivity index (χ2v) is 5.22. The van der Waals surface area contributed by atoms with Gasteiger partial charge in [-0.15, -0.1) is 0 Å². The SMILES string of the molecule is CNC(CCN1CCC(O)CC1)c1ccccc1F. The van der Waals surface area contributed by atoms with Gasteiger partial charge in [0.2, 0.25) is 0 Å². The minimum absolute atomic E-state index is 0.0491. The number of halogens is 1. The molecule has 1 aromatic carbocycles. The van der Waals surface area contributed by atoms with Gasteiger partial charge in [0.1, 0.15) is 5.82 Å². The molecule has 4 heteroatoms. The second-order valence-electron chi connectivity index (χ2n) is 5.22. The molecule has 0 spiro atoms. The van der Waals surface area contributed by atoms with Crippen molar-refractivity contribution in [3.63, 3.8) is 0 Å². The number of likely N-dealkylation sites (tertiary alicyclic amines) is 1. The molecular weight excluding hydrogens is 243 g/mol. The number of hydrogen-bond acceptors (Lipinski definition) is 3. The van der Waals surface area contributed by atoms with E-state index in [1.165, 1.54) is 6.07 Å². The van der Waals surface area contributed by atoms with Gasteiger partial charge in [-0.1, -0.05) is 18.2 Å². The lowest BCUT2D eigenvalue weighted by atomic mass is 10.0. The molecule has 1 atom stereocenters. The summed E-state index contributed by atoms with van der Waals surface area (Å²) in [6, 6.07) is 7.00. The standard InChI is InChI=1S/C15H23FN2O/c1-17-15(13-4-2-3-5-14(13)16)8-11-18-9-6-12(19)7-10-18/h2-5,12,15,17,19H,6-11H2,1H3. The van der Waals surface area contributed by atoms with E-state index in [4.69, 9.17) is 0 Å². The molecule has 0 amide bonds. The van der Waals surface area contributed by atoms with Crippen LogP contribution in [0.3, 0.4) is 0 Å². The average molecular weight is 266 g/mol. The molecule has 0 aromatic heterocycles. The van der Waals surface area contributed by atoms with Crippen molar-refractivity contribution in [3.8, 4) is 0 Å². The number of rotatable bonds is 5. The van der Waals surface area contributed by atoms with Crippen molar-refractivity contribution in [2.75, 3.05) is 26.7 Å². The molecule has 1 heterocycles. The molecule has 19 heavy (non-hydrogen) atoms. The summed E-state index contributed by atoms with van der Waals surface area (Å²) in [4.78, 5) is 2.35. The number of aliphatic hydroxyl groups is 1. The van der Waals surface area contributed by atoms with Crippen LogP contribution in [-0.2, 0) is 0 Å². The zero-order chi connectivity index (χ0) is 13.7. The Kier molecular flexibility index (Phi) is 5.31. The fourth-order valence-electron chi connectivity index (χ4n) is 2.67. The summed E-state index contributed by atoms with van der Waals surface area (Å²) < 4.78 is 13.8. The van der Waals surface area contributed by atoms with Crippen LogP contribution >= 0.6 is 0 Å². The van der Waals surface area contributed by atoms with Crippen molar-refractivity contribution in [2.45, 2.75) is 31.4 Å². The van der Waals surface area contributed by atoms with Crippen LogP contribution in [-0.4, -0.2) is 42.8 Å². The van der Waals surface area contributed by atoms with Gasteiger partial charge in [0.25, 0.3) is 0 Å². The van der Waals surface area contributed by atoms with Crippen LogP contribution in [0, 0.1) is 5.82 Å². The normalized spacial score (nSPS) is 19.5. The first-order valence-corrected chi connectivity index (χ1v) is 7.03. The molecule has 2 rings (SSSR count). The van der Waals surface area contributed by atoms with Crippen LogP contribution in [0.25, 0.3) is 0 Å². The Morgan fingerprint density at radius 2 is 2.05 bits per heavy atom. The summed E-state index contributed by atoms with van der Waals surface area (Å²) in [5.74, 6) is -0.143. The molecule has 1 unspecified atom stereocenters. The van der Waals surface area contributed by atoms with Crippen molar-refractivity contribution in [3.05, 3.63) is 35.6 Å². The lowest BCUT2D eigenvalue weighted by molar-refractivity contribution is 0.0807. The number of aliphatic hydroxyl groups excluding tert-OH is 1. The minimum atomic E-state index is -0.143. The van der Waals surface area contributed by atoms with Crippen molar-refractivity contribution < 1.29 is 9.50 Å². The Balaban J connectivity index is 1.88. The summed E-state index contributed by atoms with van der Waals surface area (Å²) in [6.07, 6.45) is 2.45. The first kappa shape index (κ1) is 14.4. The Labute approximate surface area is 114 Å². The van der Waals surface area contributed by atoms with Crippen LogP contribution in [0.5, 0.6) is 0 Å². The molecular formula is C15H23FN2O. The van der Waals surface area contributed by atoms with Gasteiger partial charge in [0.05, 0.1) is 6.10 Å². The third-order valence-electron chi connectivity index (χ3n) is 3.92. The van der Waals surface area contributed by atoms with E-state index in [0.717, 1.165) is 44.5 Å². The molecule has 0 bridgehead atoms. The highest BCUT2D eigenvalue weighted by Crippen LogP contribution is 2.21. The van der Waals surface area contributed by atoms with Gasteiger partial charge in [0, 0.05) is 24.7 Å². The number of nitrogens with one attached hydrogen (secondary N) is 1. The lowest BCUT2D eigenvalue weighted by Gasteiger charge is -2.30. The molecule has 0 radical (unpaired) electrons. The van der Waals surface area contributed by atoms with Crippen molar-refractivity contribution >= 4 is 0 Å². The third-order valence-corrected chi connectivity index (χ3v) is 3.92. The largest absolute Gasteiger partial charge is 0.393 e. The predicted molar refractivity (Wildman–Crippen MR) is 74.5 cm³/mol. The first-order valence-electron chi connectivity index (χ1n) is 7.03. The fraction of sp³-hybridized carbons (Fsp3) is 0.600. The first-order chi connectivity index (χ1) is 9.20. The van der Waals surface area contributed by atoms with E-state index in [1.54, 1.807) is 6.07 Å². The quantitative estimate of drug-likeness (QED) is 0.855. The van der Waals surface area contributed by atoms with E-state index in [9.17, 15) is 9.50 Å². The highest BCUT2D eigenvalue weighted by Gasteiger charge is 2.19.